The maximum Gasteiger partial charge on any atom is 0.303 e. The Hall–Kier alpha value is -8.89. The first kappa shape index (κ1) is 77.6. The number of nitrogens with zero attached hydrogens (tertiary/aromatic N) is 1. The summed E-state index contributed by atoms with van der Waals surface area (Å²) in [4.78, 5) is 204. The third-order valence-electron chi connectivity index (χ3n) is 14.9. The van der Waals surface area contributed by atoms with Crippen LogP contribution in [0.4, 0.5) is 0 Å². The summed E-state index contributed by atoms with van der Waals surface area (Å²) in [5.41, 5.74) is 28.3. The molecule has 94 heavy (non-hydrogen) atoms. The number of primary amides is 3. The van der Waals surface area contributed by atoms with Gasteiger partial charge in [0.25, 0.3) is 0 Å². The van der Waals surface area contributed by atoms with Crippen LogP contribution >= 0.6 is 23.5 Å². The van der Waals surface area contributed by atoms with Gasteiger partial charge in [0.15, 0.2) is 5.78 Å². The zero-order valence-electron chi connectivity index (χ0n) is 52.0. The molecule has 2 fully saturated rings. The number of rotatable bonds is 31. The number of benzene rings is 2. The molecule has 2 aliphatic heterocycles. The predicted octanol–water partition coefficient (Wildman–Crippen LogP) is -4.65. The Kier molecular flexibility index (Phi) is 33.8. The number of nitrogens with two attached hydrogens (primary N) is 5. The lowest BCUT2D eigenvalue weighted by atomic mass is 10.0. The van der Waals surface area contributed by atoms with E-state index < -0.39 is 194 Å². The first-order chi connectivity index (χ1) is 44.8. The van der Waals surface area contributed by atoms with Crippen molar-refractivity contribution in [3.63, 3.8) is 0 Å². The summed E-state index contributed by atoms with van der Waals surface area (Å²) in [6, 6.07) is 1.48. The molecule has 516 valence electrons. The average molecular weight is 1350 g/mol. The Morgan fingerprint density at radius 2 is 1.24 bits per heavy atom. The lowest BCUT2D eigenvalue weighted by Gasteiger charge is -2.31. The molecule has 2 aliphatic rings. The number of aromatic hydroxyl groups is 1. The topological polar surface area (TPSA) is 538 Å². The van der Waals surface area contributed by atoms with Gasteiger partial charge >= 0.3 is 5.97 Å². The molecule has 32 nitrogen and oxygen atoms in total. The van der Waals surface area contributed by atoms with Crippen molar-refractivity contribution in [2.45, 2.75) is 156 Å². The quantitative estimate of drug-likeness (QED) is 0.0316. The van der Waals surface area contributed by atoms with E-state index in [1.165, 1.54) is 29.2 Å². The maximum atomic E-state index is 15.1. The molecule has 0 bridgehead atoms. The second-order valence-corrected chi connectivity index (χ2v) is 24.9. The van der Waals surface area contributed by atoms with Crippen molar-refractivity contribution in [1.82, 2.24) is 52.8 Å². The fourth-order valence-corrected chi connectivity index (χ4v) is 12.7. The van der Waals surface area contributed by atoms with Crippen LogP contribution in [0.5, 0.6) is 5.75 Å². The van der Waals surface area contributed by atoms with Crippen molar-refractivity contribution >= 4 is 112 Å². The number of amides is 13. The zero-order valence-corrected chi connectivity index (χ0v) is 53.7. The Bertz CT molecular complexity index is 2990. The number of phenols is 1. The summed E-state index contributed by atoms with van der Waals surface area (Å²) in [5.74, 6) is -14.2. The fraction of sp³-hybridized carbons (Fsp3) is 0.550. The third kappa shape index (κ3) is 28.5. The number of hydrogen-bond donors (Lipinski definition) is 16. The smallest absolute Gasteiger partial charge is 0.303 e. The highest BCUT2D eigenvalue weighted by Gasteiger charge is 2.41. The first-order valence-electron chi connectivity index (χ1n) is 30.7. The van der Waals surface area contributed by atoms with Gasteiger partial charge in [-0.2, -0.15) is 23.5 Å². The van der Waals surface area contributed by atoms with Crippen LogP contribution in [-0.4, -0.2) is 207 Å². The minimum Gasteiger partial charge on any atom is -0.508 e. The Morgan fingerprint density at radius 3 is 1.87 bits per heavy atom. The van der Waals surface area contributed by atoms with Gasteiger partial charge in [0.1, 0.15) is 54.1 Å². The van der Waals surface area contributed by atoms with E-state index in [-0.39, 0.29) is 87.5 Å². The van der Waals surface area contributed by atoms with Crippen molar-refractivity contribution in [2.75, 3.05) is 50.0 Å². The number of thioether (sulfide) groups is 2. The number of carbonyl (C=O) groups is 15. The molecular weight excluding hydrogens is 1270 g/mol. The minimum absolute atomic E-state index is 0.0416. The van der Waals surface area contributed by atoms with Crippen molar-refractivity contribution in [1.29, 1.82) is 0 Å². The molecule has 9 atom stereocenters. The van der Waals surface area contributed by atoms with Gasteiger partial charge in [-0.3, -0.25) is 71.9 Å². The molecule has 0 aromatic heterocycles. The van der Waals surface area contributed by atoms with Crippen molar-refractivity contribution in [3.8, 4) is 5.75 Å². The van der Waals surface area contributed by atoms with E-state index in [0.29, 0.717) is 30.4 Å². The monoisotopic (exact) mass is 1350 g/mol. The number of carbonyl (C=O) groups excluding carboxylic acids is 14. The molecule has 2 aromatic rings. The Labute approximate surface area is 551 Å². The second-order valence-electron chi connectivity index (χ2n) is 22.5. The molecule has 2 saturated heterocycles. The van der Waals surface area contributed by atoms with Crippen molar-refractivity contribution in [2.24, 2.45) is 28.7 Å². The van der Waals surface area contributed by atoms with E-state index in [1.807, 2.05) is 0 Å². The molecule has 2 aromatic carbocycles. The Balaban J connectivity index is 1.89. The predicted molar refractivity (Wildman–Crippen MR) is 344 cm³/mol. The van der Waals surface area contributed by atoms with E-state index in [1.54, 1.807) is 30.3 Å². The highest BCUT2D eigenvalue weighted by atomic mass is 32.2. The van der Waals surface area contributed by atoms with Crippen LogP contribution < -0.4 is 76.5 Å². The van der Waals surface area contributed by atoms with Gasteiger partial charge < -0.3 is 91.6 Å². The highest BCUT2D eigenvalue weighted by molar-refractivity contribution is 8.03. The molecule has 0 saturated carbocycles. The number of phenolic OH excluding ortho intramolecular Hbond substituents is 1. The molecule has 0 radical (unpaired) electrons. The molecule has 13 amide bonds. The number of unbranched alkanes of at least 4 members (excludes halogenated alkanes) is 2. The normalized spacial score (nSPS) is 21.3. The summed E-state index contributed by atoms with van der Waals surface area (Å²) in [6.45, 7) is -1.16. The number of likely N-dealkylation sites (tertiary alicyclic amines) is 1. The molecule has 4 rings (SSSR count). The van der Waals surface area contributed by atoms with Gasteiger partial charge in [-0.25, -0.2) is 0 Å². The molecule has 34 heteroatoms. The van der Waals surface area contributed by atoms with Crippen LogP contribution in [0.3, 0.4) is 0 Å². The summed E-state index contributed by atoms with van der Waals surface area (Å²) in [7, 11) is 0. The molecular formula is C60H87N15O17S2. The molecule has 2 heterocycles. The number of hydrogen-bond acceptors (Lipinski definition) is 20. The summed E-state index contributed by atoms with van der Waals surface area (Å²) >= 11 is 2.21. The van der Waals surface area contributed by atoms with E-state index in [0.717, 1.165) is 23.5 Å². The molecule has 0 spiro atoms. The van der Waals surface area contributed by atoms with Gasteiger partial charge in [-0.1, -0.05) is 48.9 Å². The molecule has 1 unspecified atom stereocenters. The van der Waals surface area contributed by atoms with E-state index in [9.17, 15) is 77.3 Å². The van der Waals surface area contributed by atoms with Crippen molar-refractivity contribution < 1.29 is 82.1 Å². The van der Waals surface area contributed by atoms with Crippen molar-refractivity contribution in [3.05, 3.63) is 65.7 Å². The van der Waals surface area contributed by atoms with E-state index in [2.05, 4.69) is 47.9 Å². The second kappa shape index (κ2) is 41.0. The summed E-state index contributed by atoms with van der Waals surface area (Å²) in [6.07, 6.45) is -1.54. The Morgan fingerprint density at radius 1 is 0.617 bits per heavy atom. The van der Waals surface area contributed by atoms with Crippen LogP contribution in [0.25, 0.3) is 0 Å². The lowest BCUT2D eigenvalue weighted by Crippen LogP contribution is -2.61. The van der Waals surface area contributed by atoms with E-state index in [4.69, 9.17) is 28.7 Å². The summed E-state index contributed by atoms with van der Waals surface area (Å²) in [5, 5.41) is 42.0. The maximum absolute atomic E-state index is 15.1. The highest BCUT2D eigenvalue weighted by Crippen LogP contribution is 2.26. The third-order valence-corrected chi connectivity index (χ3v) is 17.8. The number of carboxylic acids is 1. The van der Waals surface area contributed by atoms with Crippen LogP contribution in [0.15, 0.2) is 54.6 Å². The molecule has 21 N–H and O–H groups in total. The number of Topliss-reactive ketones (excluding diaryl/α,β-unsaturated/α-hetero) is 1. The van der Waals surface area contributed by atoms with E-state index >= 15 is 4.79 Å². The van der Waals surface area contributed by atoms with Gasteiger partial charge in [-0.05, 0) is 81.2 Å². The van der Waals surface area contributed by atoms with Crippen LogP contribution in [0.2, 0.25) is 0 Å². The zero-order chi connectivity index (χ0) is 69.3. The lowest BCUT2D eigenvalue weighted by molar-refractivity contribution is -0.142. The number of nitrogens with one attached hydrogen (secondary N) is 9. The summed E-state index contributed by atoms with van der Waals surface area (Å²) < 4.78 is 0. The average Bonchev–Trinajstić information content (AvgIpc) is 1.60. The standard InChI is InChI=1S/C60H87N15O17S2/c61-23-7-6-12-39(53(85)67-30-49(65)80)70-59(91)46-13-8-24-75(46)60(92)45-32-93-31-38(11-4-5-14-52(83)84)94-33-44(68-50(81)22-19-37(77)29-66-51(82)28-62)58(90)72-42(26-35-15-17-36(76)18-16-35)56(88)71-41(25-34-9-2-1-3-10-34)55(87)69-40(20-21-47(63)78)54(86)73-43(27-48(64)79)57(89)74-45/h1-3,9-10,15-18,38-46,76H,4-8,11-14,19-33,61-62H2,(H2,63,78)(H2,64,79)(H2,65,80)(H,66,82)(H,67,85)(H,68,81)(H,69,87)(H,70,91)(H,71,88)(H,72,90)(H,73,86)(H,74,89)(H,83,84)/t38?,39-,40-,41-,42-,43-,44-,45-,46-/m0/s1. The number of carboxylic acid groups (broad SMARTS) is 1. The number of ketones is 1. The minimum atomic E-state index is -1.88. The van der Waals surface area contributed by atoms with Gasteiger partial charge in [-0.15, -0.1) is 0 Å². The van der Waals surface area contributed by atoms with Gasteiger partial charge in [0, 0.05) is 67.6 Å². The van der Waals surface area contributed by atoms with Crippen LogP contribution in [0.1, 0.15) is 101 Å². The largest absolute Gasteiger partial charge is 0.508 e. The first-order valence-corrected chi connectivity index (χ1v) is 32.9. The molecule has 0 aliphatic carbocycles. The fourth-order valence-electron chi connectivity index (χ4n) is 9.94. The number of aliphatic carboxylic acids is 1. The SMILES string of the molecule is NCCCC[C@H](NC(=O)[C@@H]1CCCN1C(=O)[C@@H]1CSCC(CCCCC(=O)O)SC[C@H](NC(=O)CCC(=O)CNC(=O)CN)C(=O)N[C@@H](Cc2ccc(O)cc2)C(=O)N[C@@H](Cc2ccccc2)C(=O)N[C@@H](CCC(N)=O)C(=O)N[C@@H](CC(N)=O)C(=O)N1)C(=O)NCC(N)=O. The van der Waals surface area contributed by atoms with Crippen LogP contribution in [-0.2, 0) is 84.8 Å². The van der Waals surface area contributed by atoms with Gasteiger partial charge in [0.2, 0.25) is 76.8 Å². The van der Waals surface area contributed by atoms with Gasteiger partial charge in [0.05, 0.1) is 26.1 Å². The van der Waals surface area contributed by atoms with Crippen LogP contribution in [0, 0.1) is 0 Å².